The minimum absolute atomic E-state index is 0.122. The Labute approximate surface area is 187 Å². The number of benzene rings is 2. The minimum Gasteiger partial charge on any atom is -0.294 e. The third kappa shape index (κ3) is 4.28. The second kappa shape index (κ2) is 7.76. The number of aryl methyl sites for hydroxylation is 1. The van der Waals surface area contributed by atoms with E-state index in [0.717, 1.165) is 45.9 Å². The number of carbonyl (C=O) groups excluding carboxylic acids is 1. The van der Waals surface area contributed by atoms with Gasteiger partial charge in [0.15, 0.2) is 5.78 Å². The summed E-state index contributed by atoms with van der Waals surface area (Å²) in [7, 11) is 0. The van der Waals surface area contributed by atoms with E-state index in [1.54, 1.807) is 6.07 Å². The first-order chi connectivity index (χ1) is 13.7. The molecule has 2 heterocycles. The molecule has 152 valence electrons. The molecule has 2 nitrogen and oxygen atoms in total. The Morgan fingerprint density at radius 3 is 2.38 bits per heavy atom. The molecule has 2 aliphatic heterocycles. The van der Waals surface area contributed by atoms with Crippen molar-refractivity contribution in [3.05, 3.63) is 68.7 Å². The molecular weight excluding hydrogens is 421 g/mol. The molecule has 4 rings (SSSR count). The van der Waals surface area contributed by atoms with Crippen molar-refractivity contribution in [2.24, 2.45) is 10.4 Å². The van der Waals surface area contributed by atoms with Crippen molar-refractivity contribution in [1.82, 2.24) is 0 Å². The number of nitrogens with zero attached hydrogens (tertiary/aromatic N) is 1. The van der Waals surface area contributed by atoms with Crippen molar-refractivity contribution in [3.63, 3.8) is 0 Å². The first-order valence-corrected chi connectivity index (χ1v) is 11.8. The molecule has 2 aliphatic rings. The van der Waals surface area contributed by atoms with Gasteiger partial charge in [0, 0.05) is 46.1 Å². The van der Waals surface area contributed by atoms with E-state index in [2.05, 4.69) is 19.9 Å². The van der Waals surface area contributed by atoms with Gasteiger partial charge in [0.2, 0.25) is 0 Å². The second-order valence-electron chi connectivity index (χ2n) is 9.09. The highest BCUT2D eigenvalue weighted by Gasteiger charge is 2.36. The molecular formula is C24H25Cl2NOS. The summed E-state index contributed by atoms with van der Waals surface area (Å²) in [5.74, 6) is 2.42. The molecule has 29 heavy (non-hydrogen) atoms. The molecule has 1 saturated heterocycles. The van der Waals surface area contributed by atoms with Gasteiger partial charge in [-0.3, -0.25) is 9.79 Å². The van der Waals surface area contributed by atoms with Gasteiger partial charge in [0.1, 0.15) is 0 Å². The Hall–Kier alpha value is -1.29. The summed E-state index contributed by atoms with van der Waals surface area (Å²) in [5.41, 5.74) is 5.21. The Morgan fingerprint density at radius 2 is 1.79 bits per heavy atom. The van der Waals surface area contributed by atoms with Crippen LogP contribution in [0.1, 0.15) is 53.7 Å². The van der Waals surface area contributed by atoms with Gasteiger partial charge < -0.3 is 0 Å². The van der Waals surface area contributed by atoms with Crippen molar-refractivity contribution in [3.8, 4) is 0 Å². The minimum atomic E-state index is -0.122. The van der Waals surface area contributed by atoms with Gasteiger partial charge in [-0.15, -0.1) is 0 Å². The molecule has 0 radical (unpaired) electrons. The quantitative estimate of drug-likeness (QED) is 0.474. The lowest BCUT2D eigenvalue weighted by Crippen LogP contribution is -2.34. The molecule has 1 unspecified atom stereocenters. The zero-order valence-electron chi connectivity index (χ0n) is 17.0. The Kier molecular flexibility index (Phi) is 5.61. The molecule has 5 heteroatoms. The van der Waals surface area contributed by atoms with Gasteiger partial charge in [-0.1, -0.05) is 49.2 Å². The van der Waals surface area contributed by atoms with E-state index < -0.39 is 0 Å². The van der Waals surface area contributed by atoms with Crippen LogP contribution in [0.25, 0.3) is 0 Å². The molecule has 1 atom stereocenters. The maximum atomic E-state index is 12.8. The maximum Gasteiger partial charge on any atom is 0.163 e. The van der Waals surface area contributed by atoms with E-state index in [0.29, 0.717) is 23.0 Å². The SMILES string of the molecule is Cc1cc(C2=NCC(C)(c3cc(Cl)cc(Cl)c3)C2)ccc1C(=O)CC1(C)CSC1. The summed E-state index contributed by atoms with van der Waals surface area (Å²) >= 11 is 14.4. The normalized spacial score (nSPS) is 22.9. The molecule has 0 N–H and O–H groups in total. The predicted octanol–water partition coefficient (Wildman–Crippen LogP) is 6.78. The highest BCUT2D eigenvalue weighted by atomic mass is 35.5. The van der Waals surface area contributed by atoms with Crippen molar-refractivity contribution in [2.45, 2.75) is 39.0 Å². The standard InChI is InChI=1S/C24H25Cl2NOS/c1-15-6-16(4-5-20(15)22(28)11-23(2)13-29-14-23)21-10-24(3,12-27-21)17-7-18(25)9-19(26)8-17/h4-9H,10-14H2,1-3H3. The van der Waals surface area contributed by atoms with Crippen LogP contribution in [0.3, 0.4) is 0 Å². The second-order valence-corrected chi connectivity index (χ2v) is 11.0. The monoisotopic (exact) mass is 445 g/mol. The van der Waals surface area contributed by atoms with Crippen LogP contribution in [0.5, 0.6) is 0 Å². The van der Waals surface area contributed by atoms with Gasteiger partial charge in [-0.25, -0.2) is 0 Å². The van der Waals surface area contributed by atoms with E-state index in [-0.39, 0.29) is 16.6 Å². The number of halogens is 2. The average molecular weight is 446 g/mol. The Morgan fingerprint density at radius 1 is 1.10 bits per heavy atom. The van der Waals surface area contributed by atoms with Gasteiger partial charge in [0.05, 0.1) is 0 Å². The summed E-state index contributed by atoms with van der Waals surface area (Å²) in [5, 5.41) is 1.30. The number of Topliss-reactive ketones (excluding diaryl/α,β-unsaturated/α-hetero) is 1. The molecule has 0 bridgehead atoms. The highest BCUT2D eigenvalue weighted by Crippen LogP contribution is 2.41. The van der Waals surface area contributed by atoms with E-state index in [1.165, 1.54) is 0 Å². The molecule has 2 aromatic rings. The zero-order chi connectivity index (χ0) is 20.8. The third-order valence-electron chi connectivity index (χ3n) is 6.08. The molecule has 1 fully saturated rings. The van der Waals surface area contributed by atoms with E-state index >= 15 is 0 Å². The van der Waals surface area contributed by atoms with Crippen LogP contribution in [-0.2, 0) is 5.41 Å². The predicted molar refractivity (Wildman–Crippen MR) is 125 cm³/mol. The van der Waals surface area contributed by atoms with Gasteiger partial charge in [0.25, 0.3) is 0 Å². The van der Waals surface area contributed by atoms with Gasteiger partial charge in [-0.05, 0) is 64.8 Å². The number of thioether (sulfide) groups is 1. The third-order valence-corrected chi connectivity index (χ3v) is 8.32. The topological polar surface area (TPSA) is 29.4 Å². The van der Waals surface area contributed by atoms with Gasteiger partial charge in [-0.2, -0.15) is 11.8 Å². The number of hydrogen-bond donors (Lipinski definition) is 0. The smallest absolute Gasteiger partial charge is 0.163 e. The number of ketones is 1. The van der Waals surface area contributed by atoms with Crippen molar-refractivity contribution < 1.29 is 4.79 Å². The summed E-state index contributed by atoms with van der Waals surface area (Å²) in [6, 6.07) is 11.9. The van der Waals surface area contributed by atoms with Crippen LogP contribution < -0.4 is 0 Å². The van der Waals surface area contributed by atoms with E-state index in [4.69, 9.17) is 28.2 Å². The summed E-state index contributed by atoms with van der Waals surface area (Å²) < 4.78 is 0. The number of aliphatic imine (C=N–C) groups is 1. The Bertz CT molecular complexity index is 992. The Balaban J connectivity index is 1.52. The lowest BCUT2D eigenvalue weighted by molar-refractivity contribution is 0.0938. The van der Waals surface area contributed by atoms with Crippen LogP contribution in [0.4, 0.5) is 0 Å². The first-order valence-electron chi connectivity index (χ1n) is 9.89. The van der Waals surface area contributed by atoms with Crippen LogP contribution in [0.15, 0.2) is 41.4 Å². The number of carbonyl (C=O) groups is 1. The number of rotatable bonds is 5. The summed E-state index contributed by atoms with van der Waals surface area (Å²) in [6.45, 7) is 7.14. The summed E-state index contributed by atoms with van der Waals surface area (Å²) in [6.07, 6.45) is 1.46. The van der Waals surface area contributed by atoms with Crippen LogP contribution in [0, 0.1) is 12.3 Å². The lowest BCUT2D eigenvalue weighted by atomic mass is 9.79. The highest BCUT2D eigenvalue weighted by molar-refractivity contribution is 8.00. The maximum absolute atomic E-state index is 12.8. The average Bonchev–Trinajstić information content (AvgIpc) is 3.03. The molecule has 0 saturated carbocycles. The van der Waals surface area contributed by atoms with Crippen LogP contribution in [-0.4, -0.2) is 29.5 Å². The van der Waals surface area contributed by atoms with Crippen molar-refractivity contribution in [2.75, 3.05) is 18.1 Å². The molecule has 2 aromatic carbocycles. The fourth-order valence-corrected chi connectivity index (χ4v) is 5.86. The fourth-order valence-electron chi connectivity index (χ4n) is 4.23. The molecule has 0 aromatic heterocycles. The summed E-state index contributed by atoms with van der Waals surface area (Å²) in [4.78, 5) is 17.6. The number of hydrogen-bond acceptors (Lipinski definition) is 3. The largest absolute Gasteiger partial charge is 0.294 e. The molecule has 0 spiro atoms. The molecule has 0 aliphatic carbocycles. The van der Waals surface area contributed by atoms with Gasteiger partial charge >= 0.3 is 0 Å². The molecule has 0 amide bonds. The first kappa shape index (κ1) is 21.0. The van der Waals surface area contributed by atoms with E-state index in [9.17, 15) is 4.79 Å². The van der Waals surface area contributed by atoms with Crippen LogP contribution in [0.2, 0.25) is 10.0 Å². The lowest BCUT2D eigenvalue weighted by Gasteiger charge is -2.37. The zero-order valence-corrected chi connectivity index (χ0v) is 19.3. The van der Waals surface area contributed by atoms with Crippen molar-refractivity contribution >= 4 is 46.5 Å². The van der Waals surface area contributed by atoms with E-state index in [1.807, 2.05) is 43.0 Å². The fraction of sp³-hybridized carbons (Fsp3) is 0.417. The van der Waals surface area contributed by atoms with Crippen LogP contribution >= 0.6 is 35.0 Å². The van der Waals surface area contributed by atoms with Crippen molar-refractivity contribution in [1.29, 1.82) is 0 Å².